The largest absolute Gasteiger partial charge is 0.269 e. The van der Waals surface area contributed by atoms with Crippen molar-refractivity contribution in [2.75, 3.05) is 20.0 Å². The highest BCUT2D eigenvalue weighted by atomic mass is 31.2. The van der Waals surface area contributed by atoms with Gasteiger partial charge in [-0.15, -0.1) is 0 Å². The summed E-state index contributed by atoms with van der Waals surface area (Å²) < 4.78 is 4.48. The summed E-state index contributed by atoms with van der Waals surface area (Å²) in [5.74, 6) is 0. The number of nitrogens with zero attached hydrogens (tertiary/aromatic N) is 2. The molecule has 0 saturated carbocycles. The lowest BCUT2D eigenvalue weighted by molar-refractivity contribution is -0.384. The van der Waals surface area contributed by atoms with Crippen LogP contribution in [0.2, 0.25) is 0 Å². The van der Waals surface area contributed by atoms with Crippen LogP contribution in [0, 0.1) is 10.1 Å². The molecule has 0 atom stereocenters. The van der Waals surface area contributed by atoms with Crippen molar-refractivity contribution < 1.29 is 4.92 Å². The second kappa shape index (κ2) is 3.93. The van der Waals surface area contributed by atoms with Crippen LogP contribution >= 0.6 is 7.05 Å². The molecule has 0 aromatic heterocycles. The van der Waals surface area contributed by atoms with Crippen LogP contribution in [0.25, 0.3) is 0 Å². The van der Waals surface area contributed by atoms with E-state index in [1.165, 1.54) is 12.1 Å². The molecule has 0 aliphatic carbocycles. The van der Waals surface area contributed by atoms with E-state index >= 15 is 0 Å². The third-order valence-corrected chi connectivity index (χ3v) is 2.31. The van der Waals surface area contributed by atoms with Crippen LogP contribution in [-0.2, 0) is 0 Å². The molecule has 0 fully saturated rings. The fraction of sp³-hybridized carbons (Fsp3) is 0.333. The molecule has 0 radical (unpaired) electrons. The number of hydrogen-bond donors (Lipinski definition) is 0. The first kappa shape index (κ1) is 10.9. The molecule has 0 unspecified atom stereocenters. The van der Waals surface area contributed by atoms with Gasteiger partial charge in [0.1, 0.15) is 0 Å². The molecular formula is C9H13N2O2P. The Kier molecular flexibility index (Phi) is 3.06. The monoisotopic (exact) mass is 212 g/mol. The first-order valence-corrected chi connectivity index (χ1v) is 7.26. The molecule has 0 aliphatic rings. The lowest BCUT2D eigenvalue weighted by Gasteiger charge is -2.05. The Morgan fingerprint density at radius 3 is 2.07 bits per heavy atom. The quantitative estimate of drug-likeness (QED) is 0.429. The van der Waals surface area contributed by atoms with Crippen LogP contribution in [0.15, 0.2) is 29.0 Å². The Labute approximate surface area is 83.2 Å². The van der Waals surface area contributed by atoms with Crippen LogP contribution in [-0.4, -0.2) is 24.9 Å². The maximum atomic E-state index is 10.4. The lowest BCUT2D eigenvalue weighted by Crippen LogP contribution is -1.85. The third kappa shape index (κ3) is 3.30. The number of nitro benzene ring substituents is 1. The Morgan fingerprint density at radius 2 is 1.71 bits per heavy atom. The summed E-state index contributed by atoms with van der Waals surface area (Å²) in [6, 6.07) is 6.33. The number of benzene rings is 1. The second-order valence-electron chi connectivity index (χ2n) is 3.82. The van der Waals surface area contributed by atoms with Crippen molar-refractivity contribution in [3.63, 3.8) is 0 Å². The molecule has 0 saturated heterocycles. The predicted molar refractivity (Wildman–Crippen MR) is 59.9 cm³/mol. The van der Waals surface area contributed by atoms with Crippen molar-refractivity contribution in [1.29, 1.82) is 0 Å². The van der Waals surface area contributed by atoms with Gasteiger partial charge in [0.15, 0.2) is 0 Å². The summed E-state index contributed by atoms with van der Waals surface area (Å²) in [6.07, 6.45) is 0. The lowest BCUT2D eigenvalue weighted by atomic mass is 10.3. The van der Waals surface area contributed by atoms with E-state index in [0.717, 1.165) is 5.69 Å². The maximum absolute atomic E-state index is 10.4. The van der Waals surface area contributed by atoms with Crippen molar-refractivity contribution >= 4 is 18.4 Å². The number of nitro groups is 1. The van der Waals surface area contributed by atoms with Crippen molar-refractivity contribution in [2.24, 2.45) is 4.74 Å². The highest BCUT2D eigenvalue weighted by Gasteiger charge is 2.03. The zero-order valence-electron chi connectivity index (χ0n) is 8.47. The molecular weight excluding hydrogens is 199 g/mol. The number of rotatable bonds is 2. The van der Waals surface area contributed by atoms with Crippen LogP contribution in [0.5, 0.6) is 0 Å². The number of non-ortho nitro benzene ring substituents is 1. The molecule has 76 valence electrons. The highest BCUT2D eigenvalue weighted by molar-refractivity contribution is 7.64. The minimum atomic E-state index is -1.22. The predicted octanol–water partition coefficient (Wildman–Crippen LogP) is 3.32. The minimum absolute atomic E-state index is 0.108. The van der Waals surface area contributed by atoms with Crippen LogP contribution in [0.1, 0.15) is 0 Å². The molecule has 4 nitrogen and oxygen atoms in total. The van der Waals surface area contributed by atoms with Gasteiger partial charge in [0.25, 0.3) is 5.69 Å². The molecule has 0 N–H and O–H groups in total. The molecule has 1 aromatic carbocycles. The standard InChI is InChI=1S/C9H13N2O2P/c1-14(2,3)10-8-4-6-9(7-5-8)11(12)13/h4-7H,1-3H3. The fourth-order valence-corrected chi connectivity index (χ4v) is 1.81. The topological polar surface area (TPSA) is 55.5 Å². The van der Waals surface area contributed by atoms with Crippen molar-refractivity contribution in [3.05, 3.63) is 34.4 Å². The molecule has 0 amide bonds. The Balaban J connectivity index is 3.01. The Morgan fingerprint density at radius 1 is 1.21 bits per heavy atom. The van der Waals surface area contributed by atoms with E-state index in [2.05, 4.69) is 24.7 Å². The highest BCUT2D eigenvalue weighted by Crippen LogP contribution is 2.40. The Hall–Kier alpha value is -1.15. The molecule has 0 heterocycles. The minimum Gasteiger partial charge on any atom is -0.268 e. The van der Waals surface area contributed by atoms with Gasteiger partial charge < -0.3 is 0 Å². The summed E-state index contributed by atoms with van der Waals surface area (Å²) in [4.78, 5) is 9.97. The van der Waals surface area contributed by atoms with Gasteiger partial charge in [-0.05, 0) is 39.2 Å². The van der Waals surface area contributed by atoms with Crippen molar-refractivity contribution in [1.82, 2.24) is 0 Å². The van der Waals surface area contributed by atoms with E-state index in [9.17, 15) is 10.1 Å². The summed E-state index contributed by atoms with van der Waals surface area (Å²) >= 11 is 0. The first-order chi connectivity index (χ1) is 6.38. The average molecular weight is 212 g/mol. The van der Waals surface area contributed by atoms with E-state index in [4.69, 9.17) is 0 Å². The van der Waals surface area contributed by atoms with Crippen LogP contribution in [0.3, 0.4) is 0 Å². The molecule has 1 aromatic rings. The van der Waals surface area contributed by atoms with Gasteiger partial charge in [0, 0.05) is 12.1 Å². The molecule has 0 aliphatic heterocycles. The molecule has 0 bridgehead atoms. The molecule has 14 heavy (non-hydrogen) atoms. The zero-order valence-corrected chi connectivity index (χ0v) is 9.36. The average Bonchev–Trinajstić information content (AvgIpc) is 2.02. The van der Waals surface area contributed by atoms with E-state index in [0.29, 0.717) is 0 Å². The summed E-state index contributed by atoms with van der Waals surface area (Å²) in [5, 5.41) is 10.4. The Bertz CT molecular complexity index is 384. The molecule has 1 rings (SSSR count). The molecule has 5 heteroatoms. The second-order valence-corrected chi connectivity index (χ2v) is 7.90. The summed E-state index contributed by atoms with van der Waals surface area (Å²) in [5.41, 5.74) is 0.924. The third-order valence-electron chi connectivity index (χ3n) is 1.48. The van der Waals surface area contributed by atoms with Gasteiger partial charge in [-0.25, -0.2) is 0 Å². The maximum Gasteiger partial charge on any atom is 0.269 e. The summed E-state index contributed by atoms with van der Waals surface area (Å²) in [6.45, 7) is 6.28. The van der Waals surface area contributed by atoms with E-state index in [1.807, 2.05) is 0 Å². The van der Waals surface area contributed by atoms with Gasteiger partial charge in [-0.3, -0.25) is 14.9 Å². The van der Waals surface area contributed by atoms with Gasteiger partial charge in [-0.2, -0.15) is 0 Å². The normalized spacial score (nSPS) is 11.1. The van der Waals surface area contributed by atoms with E-state index < -0.39 is 12.0 Å². The zero-order chi connectivity index (χ0) is 10.8. The van der Waals surface area contributed by atoms with Crippen molar-refractivity contribution in [3.8, 4) is 0 Å². The van der Waals surface area contributed by atoms with Gasteiger partial charge in [-0.1, -0.05) is 0 Å². The SMILES string of the molecule is CP(C)(C)=Nc1ccc([N+](=O)[O-])cc1. The van der Waals surface area contributed by atoms with Gasteiger partial charge in [0.2, 0.25) is 0 Å². The van der Waals surface area contributed by atoms with Crippen LogP contribution < -0.4 is 0 Å². The molecule has 0 spiro atoms. The van der Waals surface area contributed by atoms with Gasteiger partial charge >= 0.3 is 0 Å². The fourth-order valence-electron chi connectivity index (χ4n) is 0.987. The van der Waals surface area contributed by atoms with Crippen LogP contribution in [0.4, 0.5) is 11.4 Å². The van der Waals surface area contributed by atoms with Crippen molar-refractivity contribution in [2.45, 2.75) is 0 Å². The number of hydrogen-bond acceptors (Lipinski definition) is 3. The first-order valence-electron chi connectivity index (χ1n) is 4.18. The van der Waals surface area contributed by atoms with E-state index in [1.54, 1.807) is 12.1 Å². The smallest absolute Gasteiger partial charge is 0.268 e. The van der Waals surface area contributed by atoms with E-state index in [-0.39, 0.29) is 5.69 Å². The van der Waals surface area contributed by atoms with Gasteiger partial charge in [0.05, 0.1) is 10.6 Å². The summed E-state index contributed by atoms with van der Waals surface area (Å²) in [7, 11) is -1.22.